The zero-order valence-corrected chi connectivity index (χ0v) is 15.4. The van der Waals surface area contributed by atoms with Gasteiger partial charge in [0.1, 0.15) is 24.4 Å². The van der Waals surface area contributed by atoms with Crippen LogP contribution < -0.4 is 34.7 Å². The van der Waals surface area contributed by atoms with E-state index in [4.69, 9.17) is 9.84 Å². The minimum Gasteiger partial charge on any atom is -0.550 e. The molecule has 1 fully saturated rings. The first-order chi connectivity index (χ1) is 10.8. The normalized spacial score (nSPS) is 29.6. The van der Waals surface area contributed by atoms with Gasteiger partial charge in [0.25, 0.3) is 0 Å². The first-order valence-electron chi connectivity index (χ1n) is 7.27. The van der Waals surface area contributed by atoms with E-state index in [0.29, 0.717) is 5.06 Å². The number of carbonyl (C=O) groups excluding carboxylic acids is 2. The van der Waals surface area contributed by atoms with Crippen molar-refractivity contribution in [3.05, 3.63) is 0 Å². The molecule has 1 rings (SSSR count). The van der Waals surface area contributed by atoms with E-state index in [1.165, 1.54) is 0 Å². The van der Waals surface area contributed by atoms with Crippen LogP contribution in [0.1, 0.15) is 25.7 Å². The van der Waals surface area contributed by atoms with Gasteiger partial charge in [-0.05, 0) is 19.3 Å². The monoisotopic (exact) mass is 359 g/mol. The number of hydrogen-bond acceptors (Lipinski definition) is 9. The van der Waals surface area contributed by atoms with Crippen LogP contribution in [0.5, 0.6) is 0 Å². The van der Waals surface area contributed by atoms with Crippen LogP contribution in [0.25, 0.3) is 0 Å². The maximum atomic E-state index is 11.4. The Morgan fingerprint density at radius 2 is 1.62 bits per heavy atom. The Hall–Kier alpha value is -0.300. The molecule has 0 aromatic heterocycles. The molecule has 1 aliphatic heterocycles. The molecule has 0 aliphatic carbocycles. The molecule has 1 aliphatic rings. The number of amides is 1. The molecular formula is C13H22NNaO9. The van der Waals surface area contributed by atoms with Gasteiger partial charge in [-0.3, -0.25) is 10.0 Å². The first kappa shape index (κ1) is 23.7. The predicted molar refractivity (Wildman–Crippen MR) is 70.7 cm³/mol. The number of rotatable bonds is 8. The Kier molecular flexibility index (Phi) is 11.2. The average molecular weight is 359 g/mol. The second-order valence-corrected chi connectivity index (χ2v) is 5.40. The van der Waals surface area contributed by atoms with E-state index in [9.17, 15) is 35.2 Å². The molecule has 1 saturated heterocycles. The standard InChI is InChI=1S/C13H23NO9.Na/c15-6-8-12(20)13(21)11(19)7(23-8)2-1-5-14(22)9(16)3-4-10(17)18;/h7-8,11-13,15,19-22H,1-6H2,(H,17,18);/q;+1/p-1/t7-,8-,11-,12-,13-;/m1./s1. The van der Waals surface area contributed by atoms with E-state index in [1.54, 1.807) is 0 Å². The van der Waals surface area contributed by atoms with Crippen LogP contribution in [-0.4, -0.2) is 86.2 Å². The molecule has 0 aromatic carbocycles. The summed E-state index contributed by atoms with van der Waals surface area (Å²) in [6, 6.07) is 0. The van der Waals surface area contributed by atoms with Gasteiger partial charge < -0.3 is 35.1 Å². The molecule has 0 bridgehead atoms. The molecule has 0 saturated carbocycles. The van der Waals surface area contributed by atoms with Crippen molar-refractivity contribution in [2.75, 3.05) is 13.2 Å². The summed E-state index contributed by atoms with van der Waals surface area (Å²) in [6.45, 7) is -0.657. The molecular weight excluding hydrogens is 337 g/mol. The largest absolute Gasteiger partial charge is 1.00 e. The van der Waals surface area contributed by atoms with Gasteiger partial charge in [-0.2, -0.15) is 0 Å². The number of ether oxygens (including phenoxy) is 1. The fourth-order valence-electron chi connectivity index (χ4n) is 2.32. The number of carboxylic acid groups (broad SMARTS) is 1. The van der Waals surface area contributed by atoms with E-state index in [0.717, 1.165) is 0 Å². The Balaban J connectivity index is 0.00000529. The van der Waals surface area contributed by atoms with Crippen molar-refractivity contribution in [1.29, 1.82) is 0 Å². The van der Waals surface area contributed by atoms with Gasteiger partial charge in [0, 0.05) is 18.9 Å². The summed E-state index contributed by atoms with van der Waals surface area (Å²) in [6.07, 6.45) is -6.71. The molecule has 5 atom stereocenters. The third kappa shape index (κ3) is 6.90. The molecule has 0 radical (unpaired) electrons. The van der Waals surface area contributed by atoms with Crippen molar-refractivity contribution >= 4 is 11.9 Å². The fraction of sp³-hybridized carbons (Fsp3) is 0.846. The Morgan fingerprint density at radius 3 is 2.17 bits per heavy atom. The van der Waals surface area contributed by atoms with E-state index in [1.807, 2.05) is 0 Å². The number of nitrogens with zero attached hydrogens (tertiary/aromatic N) is 1. The topological polar surface area (TPSA) is 171 Å². The van der Waals surface area contributed by atoms with Crippen molar-refractivity contribution in [2.24, 2.45) is 0 Å². The smallest absolute Gasteiger partial charge is 0.550 e. The molecule has 1 heterocycles. The maximum absolute atomic E-state index is 11.4. The van der Waals surface area contributed by atoms with Crippen LogP contribution in [0.3, 0.4) is 0 Å². The number of carboxylic acids is 1. The molecule has 134 valence electrons. The van der Waals surface area contributed by atoms with Crippen LogP contribution in [-0.2, 0) is 14.3 Å². The molecule has 0 spiro atoms. The van der Waals surface area contributed by atoms with Gasteiger partial charge in [-0.25, -0.2) is 5.06 Å². The van der Waals surface area contributed by atoms with Crippen LogP contribution in [0.2, 0.25) is 0 Å². The Labute approximate surface area is 160 Å². The number of hydroxylamine groups is 2. The minimum absolute atomic E-state index is 0. The van der Waals surface area contributed by atoms with Crippen molar-refractivity contribution < 1.29 is 74.6 Å². The summed E-state index contributed by atoms with van der Waals surface area (Å²) >= 11 is 0. The molecule has 10 nitrogen and oxygen atoms in total. The Bertz CT molecular complexity index is 409. The summed E-state index contributed by atoms with van der Waals surface area (Å²) in [5.74, 6) is -2.17. The second-order valence-electron chi connectivity index (χ2n) is 5.40. The number of carbonyl (C=O) groups is 2. The fourth-order valence-corrected chi connectivity index (χ4v) is 2.32. The average Bonchev–Trinajstić information content (AvgIpc) is 2.52. The van der Waals surface area contributed by atoms with Crippen LogP contribution in [0.15, 0.2) is 0 Å². The quantitative estimate of drug-likeness (QED) is 0.160. The van der Waals surface area contributed by atoms with E-state index < -0.39 is 61.8 Å². The molecule has 1 amide bonds. The van der Waals surface area contributed by atoms with Crippen molar-refractivity contribution in [2.45, 2.75) is 56.2 Å². The summed E-state index contributed by atoms with van der Waals surface area (Å²) in [5.41, 5.74) is 0. The summed E-state index contributed by atoms with van der Waals surface area (Å²) in [4.78, 5) is 21.6. The van der Waals surface area contributed by atoms with Gasteiger partial charge in [-0.15, -0.1) is 0 Å². The second kappa shape index (κ2) is 11.3. The minimum atomic E-state index is -1.47. The number of aliphatic hydroxyl groups excluding tert-OH is 4. The van der Waals surface area contributed by atoms with Gasteiger partial charge in [-0.1, -0.05) is 0 Å². The maximum Gasteiger partial charge on any atom is 1.00 e. The third-order valence-corrected chi connectivity index (χ3v) is 3.68. The number of hydrogen-bond donors (Lipinski definition) is 5. The molecule has 24 heavy (non-hydrogen) atoms. The van der Waals surface area contributed by atoms with Gasteiger partial charge in [0.15, 0.2) is 0 Å². The molecule has 0 unspecified atom stereocenters. The van der Waals surface area contributed by atoms with Crippen molar-refractivity contribution in [3.63, 3.8) is 0 Å². The first-order valence-corrected chi connectivity index (χ1v) is 7.27. The van der Waals surface area contributed by atoms with Crippen molar-refractivity contribution in [3.8, 4) is 0 Å². The SMILES string of the molecule is O=C([O-])CCC(=O)N(O)CCC[C@H]1O[C@H](CO)[C@@H](O)[C@H](O)[C@@H]1O.[Na+]. The molecule has 11 heteroatoms. The van der Waals surface area contributed by atoms with E-state index in [2.05, 4.69) is 0 Å². The zero-order valence-electron chi connectivity index (χ0n) is 13.4. The Morgan fingerprint density at radius 1 is 1.04 bits per heavy atom. The van der Waals surface area contributed by atoms with Crippen LogP contribution in [0.4, 0.5) is 0 Å². The predicted octanol–water partition coefficient (Wildman–Crippen LogP) is -6.64. The number of aliphatic hydroxyl groups is 4. The summed E-state index contributed by atoms with van der Waals surface area (Å²) < 4.78 is 5.27. The third-order valence-electron chi connectivity index (χ3n) is 3.68. The van der Waals surface area contributed by atoms with Gasteiger partial charge in [0.2, 0.25) is 5.91 Å². The van der Waals surface area contributed by atoms with Crippen LogP contribution in [0, 0.1) is 0 Å². The summed E-state index contributed by atoms with van der Waals surface area (Å²) in [7, 11) is 0. The van der Waals surface area contributed by atoms with E-state index in [-0.39, 0.29) is 48.9 Å². The van der Waals surface area contributed by atoms with Gasteiger partial charge in [0.05, 0.1) is 12.7 Å². The van der Waals surface area contributed by atoms with Crippen molar-refractivity contribution in [1.82, 2.24) is 5.06 Å². The van der Waals surface area contributed by atoms with Crippen LogP contribution >= 0.6 is 0 Å². The summed E-state index contributed by atoms with van der Waals surface area (Å²) in [5, 5.41) is 58.2. The molecule has 5 N–H and O–H groups in total. The van der Waals surface area contributed by atoms with Gasteiger partial charge >= 0.3 is 29.6 Å². The molecule has 0 aromatic rings. The van der Waals surface area contributed by atoms with E-state index >= 15 is 0 Å². The zero-order chi connectivity index (χ0) is 17.6. The number of aliphatic carboxylic acids is 1.